The summed E-state index contributed by atoms with van der Waals surface area (Å²) in [6.45, 7) is 3.45. The van der Waals surface area contributed by atoms with Crippen molar-refractivity contribution >= 4 is 16.7 Å². The SMILES string of the molecule is O=C(Cc1ccc2c[nH]cc2c1)N[C@H]1CN2CCC1CC2. The second-order valence-corrected chi connectivity index (χ2v) is 6.41. The van der Waals surface area contributed by atoms with Crippen molar-refractivity contribution < 1.29 is 4.79 Å². The molecule has 2 N–H and O–H groups in total. The Balaban J connectivity index is 1.41. The highest BCUT2D eigenvalue weighted by atomic mass is 16.1. The topological polar surface area (TPSA) is 48.1 Å². The van der Waals surface area contributed by atoms with Gasteiger partial charge in [-0.05, 0) is 54.3 Å². The fourth-order valence-corrected chi connectivity index (χ4v) is 3.78. The fraction of sp³-hybridized carbons (Fsp3) is 0.471. The zero-order valence-corrected chi connectivity index (χ0v) is 12.1. The van der Waals surface area contributed by atoms with Crippen molar-refractivity contribution in [1.29, 1.82) is 0 Å². The summed E-state index contributed by atoms with van der Waals surface area (Å²) in [7, 11) is 0. The van der Waals surface area contributed by atoms with Crippen molar-refractivity contribution in [3.63, 3.8) is 0 Å². The predicted molar refractivity (Wildman–Crippen MR) is 83.1 cm³/mol. The minimum absolute atomic E-state index is 0.156. The Labute approximate surface area is 124 Å². The van der Waals surface area contributed by atoms with Gasteiger partial charge in [0.1, 0.15) is 0 Å². The molecule has 0 unspecified atom stereocenters. The lowest BCUT2D eigenvalue weighted by Crippen LogP contribution is -2.57. The van der Waals surface area contributed by atoms with Crippen molar-refractivity contribution in [2.24, 2.45) is 5.92 Å². The molecule has 0 radical (unpaired) electrons. The van der Waals surface area contributed by atoms with Gasteiger partial charge >= 0.3 is 0 Å². The Morgan fingerprint density at radius 3 is 2.81 bits per heavy atom. The van der Waals surface area contributed by atoms with Crippen LogP contribution in [0.25, 0.3) is 10.8 Å². The van der Waals surface area contributed by atoms with Crippen LogP contribution in [0.2, 0.25) is 0 Å². The summed E-state index contributed by atoms with van der Waals surface area (Å²) in [6.07, 6.45) is 6.90. The van der Waals surface area contributed by atoms with Gasteiger partial charge in [0, 0.05) is 25.0 Å². The minimum Gasteiger partial charge on any atom is -0.366 e. The number of nitrogens with one attached hydrogen (secondary N) is 2. The van der Waals surface area contributed by atoms with Crippen LogP contribution >= 0.6 is 0 Å². The van der Waals surface area contributed by atoms with Crippen molar-refractivity contribution in [3.8, 4) is 0 Å². The maximum atomic E-state index is 12.3. The number of H-pyrrole nitrogens is 1. The summed E-state index contributed by atoms with van der Waals surface area (Å²) < 4.78 is 0. The number of carbonyl (C=O) groups is 1. The van der Waals surface area contributed by atoms with E-state index >= 15 is 0 Å². The van der Waals surface area contributed by atoms with Gasteiger partial charge in [-0.1, -0.05) is 12.1 Å². The number of amides is 1. The zero-order valence-electron chi connectivity index (χ0n) is 12.1. The van der Waals surface area contributed by atoms with E-state index in [9.17, 15) is 4.79 Å². The summed E-state index contributed by atoms with van der Waals surface area (Å²) in [5.41, 5.74) is 1.08. The smallest absolute Gasteiger partial charge is 0.224 e. The molecule has 0 aliphatic carbocycles. The predicted octanol–water partition coefficient (Wildman–Crippen LogP) is 1.92. The molecule has 3 fully saturated rings. The number of piperidine rings is 3. The number of hydrogen-bond donors (Lipinski definition) is 2. The van der Waals surface area contributed by atoms with E-state index in [1.807, 2.05) is 18.5 Å². The monoisotopic (exact) mass is 283 g/mol. The fourth-order valence-electron chi connectivity index (χ4n) is 3.78. The van der Waals surface area contributed by atoms with Crippen molar-refractivity contribution in [3.05, 3.63) is 36.2 Å². The first kappa shape index (κ1) is 12.9. The van der Waals surface area contributed by atoms with E-state index in [1.54, 1.807) is 0 Å². The molecule has 0 spiro atoms. The highest BCUT2D eigenvalue weighted by molar-refractivity contribution is 5.85. The molecule has 4 heteroatoms. The number of carbonyl (C=O) groups excluding carboxylic acids is 1. The Morgan fingerprint density at radius 2 is 2.05 bits per heavy atom. The maximum Gasteiger partial charge on any atom is 0.224 e. The third-order valence-electron chi connectivity index (χ3n) is 5.00. The second-order valence-electron chi connectivity index (χ2n) is 6.41. The maximum absolute atomic E-state index is 12.3. The molecule has 1 atom stereocenters. The van der Waals surface area contributed by atoms with E-state index in [-0.39, 0.29) is 5.91 Å². The van der Waals surface area contributed by atoms with Gasteiger partial charge in [0.15, 0.2) is 0 Å². The molecule has 3 saturated heterocycles. The Morgan fingerprint density at radius 1 is 1.24 bits per heavy atom. The van der Waals surface area contributed by atoms with E-state index in [0.717, 1.165) is 12.1 Å². The number of fused-ring (bicyclic) bond motifs is 4. The van der Waals surface area contributed by atoms with Crippen LogP contribution < -0.4 is 5.32 Å². The first-order valence-corrected chi connectivity index (χ1v) is 7.85. The first-order chi connectivity index (χ1) is 10.3. The van der Waals surface area contributed by atoms with Gasteiger partial charge in [0.25, 0.3) is 0 Å². The number of benzene rings is 1. The second kappa shape index (κ2) is 5.19. The molecule has 21 heavy (non-hydrogen) atoms. The van der Waals surface area contributed by atoms with Crippen LogP contribution in [-0.2, 0) is 11.2 Å². The standard InChI is InChI=1S/C17H21N3O/c21-17(19-16-11-20-5-3-13(16)4-6-20)8-12-1-2-14-9-18-10-15(14)7-12/h1-2,7,9-10,13,16,18H,3-6,8,11H2,(H,19,21)/t16-/m0/s1. The number of rotatable bonds is 3. The van der Waals surface area contributed by atoms with Gasteiger partial charge in [-0.25, -0.2) is 0 Å². The van der Waals surface area contributed by atoms with E-state index in [2.05, 4.69) is 27.3 Å². The molecule has 5 rings (SSSR count). The highest BCUT2D eigenvalue weighted by Crippen LogP contribution is 2.27. The normalized spacial score (nSPS) is 27.9. The molecule has 0 saturated carbocycles. The number of aromatic nitrogens is 1. The van der Waals surface area contributed by atoms with Gasteiger partial charge in [-0.15, -0.1) is 0 Å². The molecule has 1 aromatic carbocycles. The summed E-state index contributed by atoms with van der Waals surface area (Å²) in [5.74, 6) is 0.842. The molecule has 3 aliphatic rings. The van der Waals surface area contributed by atoms with Crippen LogP contribution in [0.3, 0.4) is 0 Å². The number of aromatic amines is 1. The number of hydrogen-bond acceptors (Lipinski definition) is 2. The van der Waals surface area contributed by atoms with Crippen molar-refractivity contribution in [2.45, 2.75) is 25.3 Å². The molecular formula is C17H21N3O. The molecule has 2 aromatic rings. The summed E-state index contributed by atoms with van der Waals surface area (Å²) in [4.78, 5) is 17.9. The van der Waals surface area contributed by atoms with Crippen LogP contribution in [0.1, 0.15) is 18.4 Å². The van der Waals surface area contributed by atoms with Gasteiger partial charge in [0.2, 0.25) is 5.91 Å². The Bertz CT molecular complexity index is 655. The molecule has 4 nitrogen and oxygen atoms in total. The van der Waals surface area contributed by atoms with Crippen LogP contribution in [0.4, 0.5) is 0 Å². The average molecular weight is 283 g/mol. The third kappa shape index (κ3) is 2.56. The third-order valence-corrected chi connectivity index (χ3v) is 5.00. The summed E-state index contributed by atoms with van der Waals surface area (Å²) >= 11 is 0. The van der Waals surface area contributed by atoms with E-state index in [4.69, 9.17) is 0 Å². The van der Waals surface area contributed by atoms with Gasteiger partial charge < -0.3 is 15.2 Å². The van der Waals surface area contributed by atoms with E-state index in [0.29, 0.717) is 18.4 Å². The lowest BCUT2D eigenvalue weighted by molar-refractivity contribution is -0.122. The van der Waals surface area contributed by atoms with Crippen LogP contribution in [-0.4, -0.2) is 41.5 Å². The Kier molecular flexibility index (Phi) is 3.19. The van der Waals surface area contributed by atoms with Crippen LogP contribution in [0.15, 0.2) is 30.6 Å². The quantitative estimate of drug-likeness (QED) is 0.904. The van der Waals surface area contributed by atoms with E-state index < -0.39 is 0 Å². The molecule has 4 heterocycles. The number of nitrogens with zero attached hydrogens (tertiary/aromatic N) is 1. The van der Waals surface area contributed by atoms with Crippen molar-refractivity contribution in [1.82, 2.24) is 15.2 Å². The molecule has 3 aliphatic heterocycles. The lowest BCUT2D eigenvalue weighted by Gasteiger charge is -2.44. The molecular weight excluding hydrogens is 262 g/mol. The summed E-state index contributed by atoms with van der Waals surface area (Å²) in [6, 6.07) is 6.58. The zero-order chi connectivity index (χ0) is 14.2. The van der Waals surface area contributed by atoms with Gasteiger partial charge in [-0.2, -0.15) is 0 Å². The lowest BCUT2D eigenvalue weighted by atomic mass is 9.84. The Hall–Kier alpha value is -1.81. The van der Waals surface area contributed by atoms with Crippen LogP contribution in [0.5, 0.6) is 0 Å². The molecule has 110 valence electrons. The van der Waals surface area contributed by atoms with Gasteiger partial charge in [-0.3, -0.25) is 4.79 Å². The molecule has 1 aromatic heterocycles. The molecule has 2 bridgehead atoms. The van der Waals surface area contributed by atoms with Gasteiger partial charge in [0.05, 0.1) is 6.42 Å². The average Bonchev–Trinajstić information content (AvgIpc) is 2.96. The molecule has 1 amide bonds. The largest absolute Gasteiger partial charge is 0.366 e. The van der Waals surface area contributed by atoms with Crippen molar-refractivity contribution in [2.75, 3.05) is 19.6 Å². The minimum atomic E-state index is 0.156. The first-order valence-electron chi connectivity index (χ1n) is 7.85. The van der Waals surface area contributed by atoms with Crippen LogP contribution in [0, 0.1) is 5.92 Å². The van der Waals surface area contributed by atoms with E-state index in [1.165, 1.54) is 36.7 Å². The summed E-state index contributed by atoms with van der Waals surface area (Å²) in [5, 5.41) is 5.61. The highest BCUT2D eigenvalue weighted by Gasteiger charge is 2.34.